The molecule has 1 fully saturated rings. The Kier molecular flexibility index (Phi) is 3.70. The van der Waals surface area contributed by atoms with Gasteiger partial charge in [-0.05, 0) is 30.8 Å². The van der Waals surface area contributed by atoms with Gasteiger partial charge in [0.15, 0.2) is 5.82 Å². The molecule has 100 valence electrons. The van der Waals surface area contributed by atoms with Crippen molar-refractivity contribution in [3.05, 3.63) is 22.7 Å². The van der Waals surface area contributed by atoms with Crippen molar-refractivity contribution in [2.75, 3.05) is 6.54 Å². The second kappa shape index (κ2) is 5.63. The summed E-state index contributed by atoms with van der Waals surface area (Å²) in [6, 6.07) is 1.95. The highest BCUT2D eigenvalue weighted by molar-refractivity contribution is 7.08. The Morgan fingerprint density at radius 1 is 1.53 bits per heavy atom. The van der Waals surface area contributed by atoms with Crippen molar-refractivity contribution in [1.29, 1.82) is 0 Å². The van der Waals surface area contributed by atoms with E-state index in [1.54, 1.807) is 11.3 Å². The minimum atomic E-state index is -0.00292. The summed E-state index contributed by atoms with van der Waals surface area (Å²) in [6.07, 6.45) is 4.20. The summed E-state index contributed by atoms with van der Waals surface area (Å²) in [7, 11) is 0. The van der Waals surface area contributed by atoms with Crippen molar-refractivity contribution in [2.24, 2.45) is 0 Å². The maximum absolute atomic E-state index is 11.0. The second-order valence-corrected chi connectivity index (χ2v) is 5.48. The molecule has 3 rings (SSSR count). The molecular weight excluding hydrogens is 262 g/mol. The Bertz CT molecular complexity index is 538. The van der Waals surface area contributed by atoms with E-state index < -0.39 is 0 Å². The third kappa shape index (κ3) is 2.74. The Morgan fingerprint density at radius 3 is 3.26 bits per heavy atom. The molecule has 0 bridgehead atoms. The van der Waals surface area contributed by atoms with Gasteiger partial charge in [-0.3, -0.25) is 4.90 Å². The number of nitrogens with zero attached hydrogens (tertiary/aromatic N) is 3. The molecule has 5 nitrogen and oxygen atoms in total. The van der Waals surface area contributed by atoms with E-state index in [4.69, 9.17) is 4.52 Å². The predicted octanol–water partition coefficient (Wildman–Crippen LogP) is 2.35. The van der Waals surface area contributed by atoms with Crippen LogP contribution in [0.15, 0.2) is 21.3 Å². The van der Waals surface area contributed by atoms with E-state index in [0.29, 0.717) is 18.3 Å². The first-order valence-electron chi connectivity index (χ1n) is 6.41. The highest BCUT2D eigenvalue weighted by atomic mass is 32.1. The average molecular weight is 277 g/mol. The Morgan fingerprint density at radius 2 is 2.47 bits per heavy atom. The molecule has 0 N–H and O–H groups in total. The number of hydrogen-bond acceptors (Lipinski definition) is 6. The van der Waals surface area contributed by atoms with E-state index in [0.717, 1.165) is 37.7 Å². The highest BCUT2D eigenvalue weighted by Gasteiger charge is 2.23. The summed E-state index contributed by atoms with van der Waals surface area (Å²) in [5.41, 5.74) is 0.953. The molecule has 1 aliphatic rings. The second-order valence-electron chi connectivity index (χ2n) is 4.70. The fourth-order valence-corrected chi connectivity index (χ4v) is 3.00. The molecule has 2 aromatic rings. The highest BCUT2D eigenvalue weighted by Crippen LogP contribution is 2.21. The van der Waals surface area contributed by atoms with Crippen LogP contribution in [0.25, 0.3) is 11.5 Å². The molecule has 2 aromatic heterocycles. The van der Waals surface area contributed by atoms with E-state index in [2.05, 4.69) is 15.0 Å². The number of piperidine rings is 1. The molecule has 1 saturated heterocycles. The first-order chi connectivity index (χ1) is 9.36. The Balaban J connectivity index is 1.71. The number of rotatable bonds is 4. The van der Waals surface area contributed by atoms with Crippen molar-refractivity contribution >= 4 is 17.6 Å². The van der Waals surface area contributed by atoms with Crippen LogP contribution in [0.5, 0.6) is 0 Å². The molecule has 1 aliphatic heterocycles. The molecule has 0 aliphatic carbocycles. The molecule has 0 aromatic carbocycles. The van der Waals surface area contributed by atoms with Crippen LogP contribution in [0.1, 0.15) is 25.1 Å². The largest absolute Gasteiger partial charge is 0.334 e. The average Bonchev–Trinajstić information content (AvgIpc) is 3.09. The minimum absolute atomic E-state index is 0.00292. The van der Waals surface area contributed by atoms with Gasteiger partial charge in [0.2, 0.25) is 0 Å². The number of aldehydes is 1. The zero-order valence-corrected chi connectivity index (χ0v) is 11.3. The summed E-state index contributed by atoms with van der Waals surface area (Å²) in [4.78, 5) is 17.6. The third-order valence-corrected chi connectivity index (χ3v) is 4.09. The van der Waals surface area contributed by atoms with Crippen molar-refractivity contribution in [2.45, 2.75) is 31.8 Å². The minimum Gasteiger partial charge on any atom is -0.334 e. The molecule has 0 saturated carbocycles. The lowest BCUT2D eigenvalue weighted by atomic mass is 10.0. The van der Waals surface area contributed by atoms with E-state index >= 15 is 0 Å². The van der Waals surface area contributed by atoms with E-state index in [-0.39, 0.29) is 6.04 Å². The molecule has 1 unspecified atom stereocenters. The van der Waals surface area contributed by atoms with Crippen LogP contribution in [0.3, 0.4) is 0 Å². The van der Waals surface area contributed by atoms with Crippen LogP contribution in [0, 0.1) is 0 Å². The molecule has 19 heavy (non-hydrogen) atoms. The molecule has 0 amide bonds. The first-order valence-corrected chi connectivity index (χ1v) is 7.35. The van der Waals surface area contributed by atoms with Crippen LogP contribution < -0.4 is 0 Å². The van der Waals surface area contributed by atoms with Crippen LogP contribution in [0.2, 0.25) is 0 Å². The Labute approximate surface area is 115 Å². The molecular formula is C13H15N3O2S. The van der Waals surface area contributed by atoms with Gasteiger partial charge in [0.25, 0.3) is 5.89 Å². The zero-order chi connectivity index (χ0) is 13.1. The summed E-state index contributed by atoms with van der Waals surface area (Å²) in [6.45, 7) is 1.50. The van der Waals surface area contributed by atoms with Gasteiger partial charge in [-0.2, -0.15) is 16.3 Å². The van der Waals surface area contributed by atoms with Crippen molar-refractivity contribution in [1.82, 2.24) is 15.0 Å². The van der Waals surface area contributed by atoms with Gasteiger partial charge in [-0.1, -0.05) is 11.6 Å². The standard InChI is InChI=1S/C13H15N3O2S/c17-8-11-3-1-2-5-16(11)7-12-14-13(18-15-12)10-4-6-19-9-10/h4,6,8-9,11H,1-3,5,7H2. The number of carbonyl (C=O) groups is 1. The summed E-state index contributed by atoms with van der Waals surface area (Å²) in [5.74, 6) is 1.20. The van der Waals surface area contributed by atoms with Crippen LogP contribution >= 0.6 is 11.3 Å². The normalized spacial score (nSPS) is 20.5. The number of thiophene rings is 1. The Hall–Kier alpha value is -1.53. The molecule has 6 heteroatoms. The van der Waals surface area contributed by atoms with Gasteiger partial charge in [0.05, 0.1) is 18.2 Å². The third-order valence-electron chi connectivity index (χ3n) is 3.40. The van der Waals surface area contributed by atoms with Crippen molar-refractivity contribution < 1.29 is 9.32 Å². The van der Waals surface area contributed by atoms with Gasteiger partial charge in [-0.25, -0.2) is 0 Å². The first kappa shape index (κ1) is 12.5. The van der Waals surface area contributed by atoms with Crippen molar-refractivity contribution in [3.8, 4) is 11.5 Å². The lowest BCUT2D eigenvalue weighted by Crippen LogP contribution is -2.40. The van der Waals surface area contributed by atoms with E-state index in [1.807, 2.05) is 16.8 Å². The van der Waals surface area contributed by atoms with Gasteiger partial charge in [0, 0.05) is 5.38 Å². The van der Waals surface area contributed by atoms with Crippen LogP contribution in [0.4, 0.5) is 0 Å². The molecule has 1 atom stereocenters. The smallest absolute Gasteiger partial charge is 0.258 e. The fourth-order valence-electron chi connectivity index (χ4n) is 2.37. The van der Waals surface area contributed by atoms with E-state index in [1.165, 1.54) is 0 Å². The van der Waals surface area contributed by atoms with Crippen molar-refractivity contribution in [3.63, 3.8) is 0 Å². The lowest BCUT2D eigenvalue weighted by Gasteiger charge is -2.30. The lowest BCUT2D eigenvalue weighted by molar-refractivity contribution is -0.113. The number of aromatic nitrogens is 2. The maximum atomic E-state index is 11.0. The topological polar surface area (TPSA) is 59.2 Å². The SMILES string of the molecule is O=CC1CCCCN1Cc1noc(-c2ccsc2)n1. The van der Waals surface area contributed by atoms with E-state index in [9.17, 15) is 4.79 Å². The molecule has 0 spiro atoms. The number of likely N-dealkylation sites (tertiary alicyclic amines) is 1. The maximum Gasteiger partial charge on any atom is 0.258 e. The van der Waals surface area contributed by atoms with Crippen LogP contribution in [-0.2, 0) is 11.3 Å². The zero-order valence-electron chi connectivity index (χ0n) is 10.5. The monoisotopic (exact) mass is 277 g/mol. The summed E-state index contributed by atoms with van der Waals surface area (Å²) < 4.78 is 5.25. The number of carbonyl (C=O) groups excluding carboxylic acids is 1. The van der Waals surface area contributed by atoms with Crippen LogP contribution in [-0.4, -0.2) is 33.9 Å². The quantitative estimate of drug-likeness (QED) is 0.803. The predicted molar refractivity (Wildman–Crippen MR) is 71.7 cm³/mol. The molecule has 3 heterocycles. The van der Waals surface area contributed by atoms with Gasteiger partial charge < -0.3 is 9.32 Å². The van der Waals surface area contributed by atoms with Gasteiger partial charge >= 0.3 is 0 Å². The van der Waals surface area contributed by atoms with Gasteiger partial charge in [0.1, 0.15) is 6.29 Å². The fraction of sp³-hybridized carbons (Fsp3) is 0.462. The number of hydrogen-bond donors (Lipinski definition) is 0. The molecule has 0 radical (unpaired) electrons. The summed E-state index contributed by atoms with van der Waals surface area (Å²) >= 11 is 1.60. The van der Waals surface area contributed by atoms with Gasteiger partial charge in [-0.15, -0.1) is 0 Å². The summed E-state index contributed by atoms with van der Waals surface area (Å²) in [5, 5.41) is 7.95.